The number of fused-ring (bicyclic) bond motifs is 1. The number of hydrogen-bond donors (Lipinski definition) is 0. The van der Waals surface area contributed by atoms with E-state index < -0.39 is 12.0 Å². The summed E-state index contributed by atoms with van der Waals surface area (Å²) in [4.78, 5) is 47.2. The molecule has 46 heavy (non-hydrogen) atoms. The monoisotopic (exact) mass is 647 g/mol. The van der Waals surface area contributed by atoms with Gasteiger partial charge in [0.2, 0.25) is 0 Å². The Labute approximate surface area is 272 Å². The molecule has 0 spiro atoms. The molecule has 10 nitrogen and oxygen atoms in total. The van der Waals surface area contributed by atoms with Crippen LogP contribution in [0.2, 0.25) is 0 Å². The summed E-state index contributed by atoms with van der Waals surface area (Å²) in [6.45, 7) is 10.3. The van der Waals surface area contributed by atoms with Gasteiger partial charge in [-0.15, -0.1) is 0 Å². The number of ether oxygens (including phenoxy) is 4. The molecule has 2 aliphatic heterocycles. The van der Waals surface area contributed by atoms with Gasteiger partial charge >= 0.3 is 5.97 Å². The Bertz CT molecular complexity index is 1780. The number of benzene rings is 2. The van der Waals surface area contributed by atoms with Crippen molar-refractivity contribution in [3.8, 4) is 11.5 Å². The first-order valence-electron chi connectivity index (χ1n) is 15.7. The third kappa shape index (κ3) is 7.10. The van der Waals surface area contributed by atoms with E-state index in [0.29, 0.717) is 76.3 Å². The van der Waals surface area contributed by atoms with Crippen LogP contribution in [0.15, 0.2) is 63.5 Å². The van der Waals surface area contributed by atoms with E-state index in [9.17, 15) is 14.4 Å². The fourth-order valence-corrected chi connectivity index (χ4v) is 6.61. The van der Waals surface area contributed by atoms with E-state index in [1.54, 1.807) is 34.6 Å². The number of aromatic nitrogens is 1. The first kappa shape index (κ1) is 33.2. The van der Waals surface area contributed by atoms with Gasteiger partial charge in [0.1, 0.15) is 0 Å². The Morgan fingerprint density at radius 2 is 1.83 bits per heavy atom. The highest BCUT2D eigenvalue weighted by Gasteiger charge is 2.34. The van der Waals surface area contributed by atoms with Crippen molar-refractivity contribution in [2.24, 2.45) is 4.99 Å². The van der Waals surface area contributed by atoms with Crippen molar-refractivity contribution in [2.45, 2.75) is 52.5 Å². The predicted molar refractivity (Wildman–Crippen MR) is 176 cm³/mol. The highest BCUT2D eigenvalue weighted by molar-refractivity contribution is 7.07. The molecule has 1 amide bonds. The molecule has 0 unspecified atom stereocenters. The topological polar surface area (TPSA) is 109 Å². The minimum Gasteiger partial charge on any atom is -0.493 e. The lowest BCUT2D eigenvalue weighted by Gasteiger charge is -2.26. The summed E-state index contributed by atoms with van der Waals surface area (Å²) in [5, 5.41) is 0. The minimum atomic E-state index is -0.672. The van der Waals surface area contributed by atoms with Gasteiger partial charge in [-0.3, -0.25) is 14.2 Å². The maximum atomic E-state index is 14.1. The number of carbonyl (C=O) groups is 2. The Morgan fingerprint density at radius 1 is 1.09 bits per heavy atom. The van der Waals surface area contributed by atoms with E-state index in [0.717, 1.165) is 12.0 Å². The van der Waals surface area contributed by atoms with Crippen LogP contribution < -0.4 is 24.4 Å². The third-order valence-electron chi connectivity index (χ3n) is 8.01. The SMILES string of the molecule is CCCC1=C(C(=O)OCC)[C@H](c2ccc(C(C)C)cc2)n2c(s/c(=C/c3ccc(OCC(=O)N4CCOCC4)c(OC)c3)c2=O)=N1. The summed E-state index contributed by atoms with van der Waals surface area (Å²) >= 11 is 1.28. The van der Waals surface area contributed by atoms with Crippen molar-refractivity contribution in [1.82, 2.24) is 9.47 Å². The molecule has 0 aliphatic carbocycles. The number of carbonyl (C=O) groups excluding carboxylic acids is 2. The molecule has 0 radical (unpaired) electrons. The van der Waals surface area contributed by atoms with Gasteiger partial charge in [-0.2, -0.15) is 0 Å². The Balaban J connectivity index is 1.53. The van der Waals surface area contributed by atoms with Gasteiger partial charge in [-0.25, -0.2) is 9.79 Å². The summed E-state index contributed by atoms with van der Waals surface area (Å²) in [5.74, 6) is 0.624. The second kappa shape index (κ2) is 14.9. The van der Waals surface area contributed by atoms with Crippen LogP contribution >= 0.6 is 11.3 Å². The first-order chi connectivity index (χ1) is 22.2. The van der Waals surface area contributed by atoms with Crippen molar-refractivity contribution in [2.75, 3.05) is 46.6 Å². The lowest BCUT2D eigenvalue weighted by molar-refractivity contribution is -0.139. The zero-order valence-corrected chi connectivity index (χ0v) is 27.9. The zero-order valence-electron chi connectivity index (χ0n) is 27.0. The van der Waals surface area contributed by atoms with Crippen LogP contribution in [0.3, 0.4) is 0 Å². The van der Waals surface area contributed by atoms with Gasteiger partial charge in [-0.1, -0.05) is 68.9 Å². The summed E-state index contributed by atoms with van der Waals surface area (Å²) in [6.07, 6.45) is 3.13. The molecule has 5 rings (SSSR count). The van der Waals surface area contributed by atoms with Crippen molar-refractivity contribution in [1.29, 1.82) is 0 Å². The van der Waals surface area contributed by atoms with E-state index in [1.807, 2.05) is 37.3 Å². The minimum absolute atomic E-state index is 0.116. The maximum Gasteiger partial charge on any atom is 0.338 e. The molecular weight excluding hydrogens is 606 g/mol. The highest BCUT2D eigenvalue weighted by Crippen LogP contribution is 2.33. The number of nitrogens with zero attached hydrogens (tertiary/aromatic N) is 3. The van der Waals surface area contributed by atoms with Gasteiger partial charge in [0.25, 0.3) is 11.5 Å². The van der Waals surface area contributed by atoms with E-state index in [1.165, 1.54) is 24.0 Å². The molecule has 0 saturated carbocycles. The third-order valence-corrected chi connectivity index (χ3v) is 8.99. The number of esters is 1. The van der Waals surface area contributed by atoms with Gasteiger partial charge in [0.05, 0.1) is 48.8 Å². The van der Waals surface area contributed by atoms with E-state index in [2.05, 4.69) is 13.8 Å². The van der Waals surface area contributed by atoms with Crippen molar-refractivity contribution < 1.29 is 28.5 Å². The quantitative estimate of drug-likeness (QED) is 0.290. The van der Waals surface area contributed by atoms with Crippen LogP contribution in [-0.4, -0.2) is 68.0 Å². The number of amides is 1. The normalized spacial score (nSPS) is 16.7. The van der Waals surface area contributed by atoms with Crippen molar-refractivity contribution in [3.05, 3.63) is 90.1 Å². The number of allylic oxidation sites excluding steroid dienone is 1. The molecule has 0 N–H and O–H groups in total. The van der Waals surface area contributed by atoms with Crippen LogP contribution in [0.5, 0.6) is 11.5 Å². The van der Waals surface area contributed by atoms with Crippen LogP contribution in [0.4, 0.5) is 0 Å². The molecule has 11 heteroatoms. The summed E-state index contributed by atoms with van der Waals surface area (Å²) in [7, 11) is 1.53. The molecule has 1 aromatic heterocycles. The van der Waals surface area contributed by atoms with E-state index >= 15 is 0 Å². The molecule has 244 valence electrons. The average molecular weight is 648 g/mol. The molecule has 1 atom stereocenters. The van der Waals surface area contributed by atoms with E-state index in [-0.39, 0.29) is 24.7 Å². The Hall–Kier alpha value is -4.22. The zero-order chi connectivity index (χ0) is 32.8. The van der Waals surface area contributed by atoms with Gasteiger partial charge < -0.3 is 23.8 Å². The maximum absolute atomic E-state index is 14.1. The van der Waals surface area contributed by atoms with Crippen LogP contribution in [-0.2, 0) is 19.1 Å². The number of methoxy groups -OCH3 is 1. The molecular formula is C35H41N3O7S. The Kier molecular flexibility index (Phi) is 10.7. The highest BCUT2D eigenvalue weighted by atomic mass is 32.1. The van der Waals surface area contributed by atoms with Gasteiger partial charge in [-0.05, 0) is 54.2 Å². The lowest BCUT2D eigenvalue weighted by atomic mass is 9.92. The van der Waals surface area contributed by atoms with Crippen LogP contribution in [0, 0.1) is 0 Å². The summed E-state index contributed by atoms with van der Waals surface area (Å²) in [6, 6.07) is 12.7. The Morgan fingerprint density at radius 3 is 2.48 bits per heavy atom. The fraction of sp³-hybridized carbons (Fsp3) is 0.429. The first-order valence-corrected chi connectivity index (χ1v) is 16.5. The standard InChI is InChI=1S/C35H41N3O7S/c1-6-8-26-31(34(41)44-7-2)32(25-12-10-24(11-13-25)22(3)4)38-33(40)29(46-35(38)36-26)20-23-9-14-27(28(19-23)42-5)45-21-30(39)37-15-17-43-18-16-37/h9-14,19-20,22,32H,6-8,15-18,21H2,1-5H3/b29-20+/t32-/m0/s1. The molecule has 2 aliphatic rings. The largest absolute Gasteiger partial charge is 0.493 e. The number of thiazole rings is 1. The number of hydrogen-bond acceptors (Lipinski definition) is 9. The molecule has 0 bridgehead atoms. The van der Waals surface area contributed by atoms with Crippen molar-refractivity contribution in [3.63, 3.8) is 0 Å². The van der Waals surface area contributed by atoms with Gasteiger partial charge in [0.15, 0.2) is 22.9 Å². The molecule has 2 aromatic carbocycles. The number of morpholine rings is 1. The molecule has 1 fully saturated rings. The smallest absolute Gasteiger partial charge is 0.338 e. The molecule has 1 saturated heterocycles. The predicted octanol–water partition coefficient (Wildman–Crippen LogP) is 3.95. The summed E-state index contributed by atoms with van der Waals surface area (Å²) in [5.41, 5.74) is 3.48. The van der Waals surface area contributed by atoms with Crippen LogP contribution in [0.25, 0.3) is 6.08 Å². The van der Waals surface area contributed by atoms with Crippen molar-refractivity contribution >= 4 is 29.3 Å². The van der Waals surface area contributed by atoms with Gasteiger partial charge in [0, 0.05) is 13.1 Å². The molecule has 3 aromatic rings. The summed E-state index contributed by atoms with van der Waals surface area (Å²) < 4.78 is 24.3. The molecule has 3 heterocycles. The second-order valence-corrected chi connectivity index (χ2v) is 12.4. The average Bonchev–Trinajstić information content (AvgIpc) is 3.37. The lowest BCUT2D eigenvalue weighted by Crippen LogP contribution is -2.43. The fourth-order valence-electron chi connectivity index (χ4n) is 5.59. The van der Waals surface area contributed by atoms with E-state index in [4.69, 9.17) is 23.9 Å². The number of rotatable bonds is 11. The second-order valence-electron chi connectivity index (χ2n) is 11.4. The van der Waals surface area contributed by atoms with Crippen LogP contribution in [0.1, 0.15) is 69.2 Å².